The van der Waals surface area contributed by atoms with Gasteiger partial charge in [-0.25, -0.2) is 0 Å². The summed E-state index contributed by atoms with van der Waals surface area (Å²) in [6.45, 7) is 4.29. The van der Waals surface area contributed by atoms with Crippen molar-refractivity contribution in [2.45, 2.75) is 25.6 Å². The smallest absolute Gasteiger partial charge is 0.234 e. The molecule has 4 aromatic rings. The second-order valence-electron chi connectivity index (χ2n) is 7.45. The highest BCUT2D eigenvalue weighted by Gasteiger charge is 2.17. The lowest BCUT2D eigenvalue weighted by Crippen LogP contribution is -2.15. The van der Waals surface area contributed by atoms with E-state index in [9.17, 15) is 4.79 Å². The number of aromatic nitrogens is 3. The van der Waals surface area contributed by atoms with E-state index in [1.165, 1.54) is 17.3 Å². The number of benzene rings is 3. The number of hydrogen-bond donors (Lipinski definition) is 1. The summed E-state index contributed by atoms with van der Waals surface area (Å²) >= 11 is 7.38. The third kappa shape index (κ3) is 5.94. The summed E-state index contributed by atoms with van der Waals surface area (Å²) in [5.74, 6) is 1.44. The monoisotopic (exact) mass is 478 g/mol. The van der Waals surface area contributed by atoms with Gasteiger partial charge in [0.1, 0.15) is 12.4 Å². The van der Waals surface area contributed by atoms with Gasteiger partial charge in [-0.3, -0.25) is 9.36 Å². The molecule has 0 radical (unpaired) electrons. The van der Waals surface area contributed by atoms with Gasteiger partial charge >= 0.3 is 0 Å². The van der Waals surface area contributed by atoms with Crippen molar-refractivity contribution in [1.82, 2.24) is 14.8 Å². The molecule has 0 atom stereocenters. The van der Waals surface area contributed by atoms with Gasteiger partial charge in [-0.05, 0) is 73.5 Å². The summed E-state index contributed by atoms with van der Waals surface area (Å²) in [4.78, 5) is 12.6. The Morgan fingerprint density at radius 3 is 2.48 bits per heavy atom. The third-order valence-corrected chi connectivity index (χ3v) is 6.20. The number of amides is 1. The molecule has 168 valence electrons. The van der Waals surface area contributed by atoms with Crippen molar-refractivity contribution in [2.24, 2.45) is 0 Å². The molecule has 0 aliphatic heterocycles. The van der Waals surface area contributed by atoms with Crippen LogP contribution in [0.25, 0.3) is 5.69 Å². The number of nitrogens with zero attached hydrogens (tertiary/aromatic N) is 3. The number of para-hydroxylation sites is 1. The van der Waals surface area contributed by atoms with Gasteiger partial charge in [0.05, 0.1) is 5.75 Å². The predicted octanol–water partition coefficient (Wildman–Crippen LogP) is 5.85. The van der Waals surface area contributed by atoms with Crippen LogP contribution in [0.2, 0.25) is 5.02 Å². The van der Waals surface area contributed by atoms with Crippen LogP contribution in [-0.2, 0) is 11.4 Å². The molecule has 8 heteroatoms. The first-order valence-corrected chi connectivity index (χ1v) is 11.7. The van der Waals surface area contributed by atoms with Crippen LogP contribution in [0.3, 0.4) is 0 Å². The number of halogens is 1. The van der Waals surface area contributed by atoms with Crippen LogP contribution in [0.4, 0.5) is 5.69 Å². The molecule has 33 heavy (non-hydrogen) atoms. The quantitative estimate of drug-likeness (QED) is 0.322. The van der Waals surface area contributed by atoms with Crippen molar-refractivity contribution < 1.29 is 9.53 Å². The largest absolute Gasteiger partial charge is 0.486 e. The standard InChI is InChI=1S/C25H23ClN4O2S/c1-17-8-11-20(14-18(17)2)27-24(31)16-33-25-29-28-23(15-32-22-6-4-3-5-7-22)30(25)21-12-9-19(26)10-13-21/h3-14H,15-16H2,1-2H3,(H,27,31). The van der Waals surface area contributed by atoms with E-state index < -0.39 is 0 Å². The molecule has 0 fully saturated rings. The first kappa shape index (κ1) is 22.9. The molecule has 0 aliphatic carbocycles. The van der Waals surface area contributed by atoms with Crippen LogP contribution in [0.5, 0.6) is 5.75 Å². The van der Waals surface area contributed by atoms with Crippen molar-refractivity contribution in [3.63, 3.8) is 0 Å². The van der Waals surface area contributed by atoms with E-state index in [4.69, 9.17) is 16.3 Å². The molecule has 0 saturated carbocycles. The fourth-order valence-corrected chi connectivity index (χ4v) is 4.04. The number of ether oxygens (including phenoxy) is 1. The van der Waals surface area contributed by atoms with Gasteiger partial charge in [-0.2, -0.15) is 0 Å². The Bertz CT molecular complexity index is 1240. The summed E-state index contributed by atoms with van der Waals surface area (Å²) in [5.41, 5.74) is 3.93. The lowest BCUT2D eigenvalue weighted by atomic mass is 10.1. The Morgan fingerprint density at radius 1 is 1.00 bits per heavy atom. The van der Waals surface area contributed by atoms with Crippen molar-refractivity contribution in [1.29, 1.82) is 0 Å². The summed E-state index contributed by atoms with van der Waals surface area (Å²) in [5, 5.41) is 12.8. The number of aryl methyl sites for hydroxylation is 2. The van der Waals surface area contributed by atoms with E-state index in [0.717, 1.165) is 22.7 Å². The van der Waals surface area contributed by atoms with Crippen LogP contribution in [-0.4, -0.2) is 26.4 Å². The average molecular weight is 479 g/mol. The highest BCUT2D eigenvalue weighted by molar-refractivity contribution is 7.99. The summed E-state index contributed by atoms with van der Waals surface area (Å²) in [7, 11) is 0. The number of carbonyl (C=O) groups excluding carboxylic acids is 1. The predicted molar refractivity (Wildman–Crippen MR) is 132 cm³/mol. The Morgan fingerprint density at radius 2 is 1.76 bits per heavy atom. The number of thioether (sulfide) groups is 1. The van der Waals surface area contributed by atoms with Gasteiger partial charge < -0.3 is 10.1 Å². The van der Waals surface area contributed by atoms with E-state index >= 15 is 0 Å². The number of carbonyl (C=O) groups is 1. The van der Waals surface area contributed by atoms with Gasteiger partial charge in [0.25, 0.3) is 0 Å². The summed E-state index contributed by atoms with van der Waals surface area (Å²) < 4.78 is 7.76. The fraction of sp³-hybridized carbons (Fsp3) is 0.160. The normalized spacial score (nSPS) is 10.8. The zero-order valence-corrected chi connectivity index (χ0v) is 19.9. The molecular formula is C25H23ClN4O2S. The van der Waals surface area contributed by atoms with E-state index in [2.05, 4.69) is 15.5 Å². The van der Waals surface area contributed by atoms with Gasteiger partial charge in [-0.1, -0.05) is 47.6 Å². The van der Waals surface area contributed by atoms with E-state index in [1.54, 1.807) is 12.1 Å². The Kier molecular flexibility index (Phi) is 7.32. The molecule has 4 rings (SSSR count). The zero-order chi connectivity index (χ0) is 23.2. The second kappa shape index (κ2) is 10.6. The first-order chi connectivity index (χ1) is 16.0. The third-order valence-electron chi connectivity index (χ3n) is 5.02. The lowest BCUT2D eigenvalue weighted by Gasteiger charge is -2.12. The van der Waals surface area contributed by atoms with Crippen LogP contribution in [0, 0.1) is 13.8 Å². The molecule has 6 nitrogen and oxygen atoms in total. The average Bonchev–Trinajstić information content (AvgIpc) is 3.23. The minimum absolute atomic E-state index is 0.115. The van der Waals surface area contributed by atoms with Crippen LogP contribution in [0.15, 0.2) is 78.0 Å². The molecule has 3 aromatic carbocycles. The van der Waals surface area contributed by atoms with Gasteiger partial charge in [0.2, 0.25) is 5.91 Å². The number of nitrogens with one attached hydrogen (secondary N) is 1. The molecule has 0 bridgehead atoms. The van der Waals surface area contributed by atoms with Crippen LogP contribution in [0.1, 0.15) is 17.0 Å². The highest BCUT2D eigenvalue weighted by Crippen LogP contribution is 2.25. The van der Waals surface area contributed by atoms with Gasteiger partial charge in [0.15, 0.2) is 11.0 Å². The minimum atomic E-state index is -0.115. The summed E-state index contributed by atoms with van der Waals surface area (Å²) in [6.07, 6.45) is 0. The second-order valence-corrected chi connectivity index (χ2v) is 8.83. The molecule has 0 spiro atoms. The number of anilines is 1. The maximum atomic E-state index is 12.6. The Labute approximate surface area is 202 Å². The Balaban J connectivity index is 1.50. The van der Waals surface area contributed by atoms with Crippen molar-refractivity contribution in [3.05, 3.63) is 94.8 Å². The molecule has 1 aromatic heterocycles. The summed E-state index contributed by atoms with van der Waals surface area (Å²) in [6, 6.07) is 22.8. The van der Waals surface area contributed by atoms with Crippen molar-refractivity contribution >= 4 is 35.0 Å². The molecule has 1 heterocycles. The lowest BCUT2D eigenvalue weighted by molar-refractivity contribution is -0.113. The SMILES string of the molecule is Cc1ccc(NC(=O)CSc2nnc(COc3ccccc3)n2-c2ccc(Cl)cc2)cc1C. The van der Waals surface area contributed by atoms with E-state index in [-0.39, 0.29) is 18.3 Å². The number of rotatable bonds is 8. The molecule has 0 saturated heterocycles. The molecular weight excluding hydrogens is 456 g/mol. The topological polar surface area (TPSA) is 69.0 Å². The highest BCUT2D eigenvalue weighted by atomic mass is 35.5. The molecule has 0 unspecified atom stereocenters. The maximum absolute atomic E-state index is 12.6. The van der Waals surface area contributed by atoms with E-state index in [0.29, 0.717) is 16.0 Å². The minimum Gasteiger partial charge on any atom is -0.486 e. The molecule has 1 amide bonds. The van der Waals surface area contributed by atoms with Gasteiger partial charge in [0, 0.05) is 16.4 Å². The van der Waals surface area contributed by atoms with E-state index in [1.807, 2.05) is 79.1 Å². The van der Waals surface area contributed by atoms with Crippen molar-refractivity contribution in [2.75, 3.05) is 11.1 Å². The Hall–Kier alpha value is -3.29. The van der Waals surface area contributed by atoms with Crippen LogP contribution >= 0.6 is 23.4 Å². The van der Waals surface area contributed by atoms with Crippen LogP contribution < -0.4 is 10.1 Å². The first-order valence-electron chi connectivity index (χ1n) is 10.4. The molecule has 0 aliphatic rings. The maximum Gasteiger partial charge on any atom is 0.234 e. The zero-order valence-electron chi connectivity index (χ0n) is 18.3. The molecule has 1 N–H and O–H groups in total. The number of hydrogen-bond acceptors (Lipinski definition) is 5. The fourth-order valence-electron chi connectivity index (χ4n) is 3.15. The van der Waals surface area contributed by atoms with Crippen molar-refractivity contribution in [3.8, 4) is 11.4 Å². The van der Waals surface area contributed by atoms with Gasteiger partial charge in [-0.15, -0.1) is 10.2 Å².